The number of benzene rings is 2. The molecular formula is C25H28BrN3O3S. The predicted octanol–water partition coefficient (Wildman–Crippen LogP) is 4.74. The van der Waals surface area contributed by atoms with Gasteiger partial charge in [0.2, 0.25) is 5.91 Å². The second-order valence-corrected chi connectivity index (χ2v) is 9.60. The highest BCUT2D eigenvalue weighted by Crippen LogP contribution is 2.42. The largest absolute Gasteiger partial charge is 0.493 e. The van der Waals surface area contributed by atoms with Crippen LogP contribution in [0.4, 0.5) is 0 Å². The predicted molar refractivity (Wildman–Crippen MR) is 136 cm³/mol. The number of halogens is 1. The van der Waals surface area contributed by atoms with Crippen molar-refractivity contribution in [2.24, 2.45) is 5.92 Å². The molecule has 8 heteroatoms. The Labute approximate surface area is 208 Å². The van der Waals surface area contributed by atoms with E-state index in [0.29, 0.717) is 28.9 Å². The summed E-state index contributed by atoms with van der Waals surface area (Å²) in [6.45, 7) is 4.51. The van der Waals surface area contributed by atoms with Gasteiger partial charge in [-0.2, -0.15) is 0 Å². The first-order valence-electron chi connectivity index (χ1n) is 11.1. The van der Waals surface area contributed by atoms with E-state index in [0.717, 1.165) is 28.4 Å². The zero-order valence-corrected chi connectivity index (χ0v) is 20.9. The highest BCUT2D eigenvalue weighted by molar-refractivity contribution is 9.10. The van der Waals surface area contributed by atoms with Gasteiger partial charge in [-0.1, -0.05) is 36.9 Å². The molecule has 0 spiro atoms. The van der Waals surface area contributed by atoms with Gasteiger partial charge in [0.05, 0.1) is 23.7 Å². The Balaban J connectivity index is 1.59. The third kappa shape index (κ3) is 5.50. The number of rotatable bonds is 7. The van der Waals surface area contributed by atoms with Gasteiger partial charge in [-0.15, -0.1) is 0 Å². The van der Waals surface area contributed by atoms with Gasteiger partial charge in [0.1, 0.15) is 5.92 Å². The van der Waals surface area contributed by atoms with E-state index in [9.17, 15) is 4.79 Å². The standard InChI is InChI=1S/C25H28BrN3O3S/c1-15-21(24(30)27-14-16-8-4-3-5-9-16)22(29-25(33)28-15)17-12-19(26)23(20(13-17)31-2)32-18-10-6-7-11-18/h3-5,8-9,12-13,18,21-22H,1,6-7,10-11,14H2,2H3,(H,27,30)(H2,28,29,33)/t21-,22+/m0/s1. The molecule has 6 nitrogen and oxygen atoms in total. The Morgan fingerprint density at radius 1 is 1.24 bits per heavy atom. The van der Waals surface area contributed by atoms with Gasteiger partial charge in [-0.25, -0.2) is 0 Å². The maximum absolute atomic E-state index is 13.2. The summed E-state index contributed by atoms with van der Waals surface area (Å²) < 4.78 is 12.7. The van der Waals surface area contributed by atoms with Gasteiger partial charge in [0, 0.05) is 12.2 Å². The Morgan fingerprint density at radius 3 is 2.67 bits per heavy atom. The van der Waals surface area contributed by atoms with Crippen molar-refractivity contribution in [2.45, 2.75) is 44.4 Å². The summed E-state index contributed by atoms with van der Waals surface area (Å²) in [5, 5.41) is 9.71. The lowest BCUT2D eigenvalue weighted by Crippen LogP contribution is -2.52. The second-order valence-electron chi connectivity index (χ2n) is 8.34. The molecule has 0 radical (unpaired) electrons. The number of carbonyl (C=O) groups excluding carboxylic acids is 1. The molecule has 0 unspecified atom stereocenters. The summed E-state index contributed by atoms with van der Waals surface area (Å²) in [7, 11) is 1.62. The molecule has 174 valence electrons. The van der Waals surface area contributed by atoms with Crippen LogP contribution in [0.5, 0.6) is 11.5 Å². The first-order valence-corrected chi connectivity index (χ1v) is 12.3. The number of hydrogen-bond donors (Lipinski definition) is 3. The average Bonchev–Trinajstić information content (AvgIpc) is 3.32. The third-order valence-electron chi connectivity index (χ3n) is 6.06. The van der Waals surface area contributed by atoms with Crippen LogP contribution < -0.4 is 25.4 Å². The smallest absolute Gasteiger partial charge is 0.231 e. The number of ether oxygens (including phenoxy) is 2. The topological polar surface area (TPSA) is 71.6 Å². The van der Waals surface area contributed by atoms with Gasteiger partial charge < -0.3 is 25.4 Å². The minimum atomic E-state index is -0.571. The molecule has 3 N–H and O–H groups in total. The molecule has 1 heterocycles. The summed E-state index contributed by atoms with van der Waals surface area (Å²) in [6, 6.07) is 13.3. The monoisotopic (exact) mass is 529 g/mol. The van der Waals surface area contributed by atoms with E-state index in [2.05, 4.69) is 38.5 Å². The average molecular weight is 530 g/mol. The summed E-state index contributed by atoms with van der Waals surface area (Å²) in [4.78, 5) is 13.2. The normalized spacial score (nSPS) is 20.7. The van der Waals surface area contributed by atoms with Gasteiger partial charge in [0.25, 0.3) is 0 Å². The molecule has 1 aliphatic carbocycles. The lowest BCUT2D eigenvalue weighted by molar-refractivity contribution is -0.125. The lowest BCUT2D eigenvalue weighted by Gasteiger charge is -2.35. The number of hydrogen-bond acceptors (Lipinski definition) is 4. The van der Waals surface area contributed by atoms with Crippen LogP contribution in [0.15, 0.2) is 59.2 Å². The Bertz CT molecular complexity index is 1040. The van der Waals surface area contributed by atoms with Gasteiger partial charge in [0.15, 0.2) is 16.6 Å². The van der Waals surface area contributed by atoms with Gasteiger partial charge >= 0.3 is 0 Å². The van der Waals surface area contributed by atoms with E-state index in [4.69, 9.17) is 21.7 Å². The molecule has 33 heavy (non-hydrogen) atoms. The molecule has 0 aromatic heterocycles. The van der Waals surface area contributed by atoms with E-state index in [1.165, 1.54) is 12.8 Å². The molecule has 1 saturated carbocycles. The van der Waals surface area contributed by atoms with Crippen LogP contribution in [0.2, 0.25) is 0 Å². The Kier molecular flexibility index (Phi) is 7.55. The molecule has 2 aliphatic rings. The molecule has 1 saturated heterocycles. The summed E-state index contributed by atoms with van der Waals surface area (Å²) in [5.74, 6) is 0.594. The van der Waals surface area contributed by atoms with Crippen molar-refractivity contribution in [1.82, 2.24) is 16.0 Å². The van der Waals surface area contributed by atoms with Crippen molar-refractivity contribution in [3.05, 3.63) is 70.3 Å². The summed E-state index contributed by atoms with van der Waals surface area (Å²) >= 11 is 9.03. The third-order valence-corrected chi connectivity index (χ3v) is 6.87. The quantitative estimate of drug-likeness (QED) is 0.450. The van der Waals surface area contributed by atoms with E-state index >= 15 is 0 Å². The van der Waals surface area contributed by atoms with E-state index in [1.54, 1.807) is 7.11 Å². The zero-order chi connectivity index (χ0) is 23.4. The Morgan fingerprint density at radius 2 is 1.97 bits per heavy atom. The number of amides is 1. The van der Waals surface area contributed by atoms with Crippen LogP contribution in [0.25, 0.3) is 0 Å². The fourth-order valence-electron chi connectivity index (χ4n) is 4.37. The number of nitrogens with one attached hydrogen (secondary N) is 3. The van der Waals surface area contributed by atoms with Crippen molar-refractivity contribution >= 4 is 39.2 Å². The van der Waals surface area contributed by atoms with Gasteiger partial charge in [-0.3, -0.25) is 4.79 Å². The van der Waals surface area contributed by atoms with Crippen molar-refractivity contribution in [1.29, 1.82) is 0 Å². The van der Waals surface area contributed by atoms with Crippen molar-refractivity contribution in [3.63, 3.8) is 0 Å². The minimum absolute atomic E-state index is 0.141. The van der Waals surface area contributed by atoms with Crippen LogP contribution in [0.3, 0.4) is 0 Å². The maximum Gasteiger partial charge on any atom is 0.231 e. The summed E-state index contributed by atoms with van der Waals surface area (Å²) in [6.07, 6.45) is 4.65. The lowest BCUT2D eigenvalue weighted by atomic mass is 9.88. The maximum atomic E-state index is 13.2. The number of thiocarbonyl (C=S) groups is 1. The SMILES string of the molecule is C=C1NC(=S)N[C@H](c2cc(Br)c(OC3CCCC3)c(OC)c2)[C@H]1C(=O)NCc1ccccc1. The van der Waals surface area contributed by atoms with E-state index in [1.807, 2.05) is 42.5 Å². The highest BCUT2D eigenvalue weighted by Gasteiger charge is 2.37. The molecule has 4 rings (SSSR count). The minimum Gasteiger partial charge on any atom is -0.493 e. The number of carbonyl (C=O) groups is 1. The van der Waals surface area contributed by atoms with Crippen LogP contribution in [0, 0.1) is 5.92 Å². The molecule has 2 aromatic carbocycles. The number of methoxy groups -OCH3 is 1. The first-order chi connectivity index (χ1) is 16.0. The molecule has 0 bridgehead atoms. The first kappa shape index (κ1) is 23.6. The van der Waals surface area contributed by atoms with E-state index in [-0.39, 0.29) is 12.0 Å². The highest BCUT2D eigenvalue weighted by atomic mass is 79.9. The molecule has 2 fully saturated rings. The Hall–Kier alpha value is -2.58. The molecule has 1 amide bonds. The van der Waals surface area contributed by atoms with Crippen molar-refractivity contribution in [2.75, 3.05) is 7.11 Å². The molecular weight excluding hydrogens is 502 g/mol. The van der Waals surface area contributed by atoms with Crippen molar-refractivity contribution < 1.29 is 14.3 Å². The fraction of sp³-hybridized carbons (Fsp3) is 0.360. The zero-order valence-electron chi connectivity index (χ0n) is 18.5. The van der Waals surface area contributed by atoms with Crippen molar-refractivity contribution in [3.8, 4) is 11.5 Å². The van der Waals surface area contributed by atoms with E-state index < -0.39 is 12.0 Å². The van der Waals surface area contributed by atoms with Crippen LogP contribution in [0.1, 0.15) is 42.9 Å². The van der Waals surface area contributed by atoms with Gasteiger partial charge in [-0.05, 0) is 77.1 Å². The second kappa shape index (κ2) is 10.6. The summed E-state index contributed by atoms with van der Waals surface area (Å²) in [5.41, 5.74) is 2.43. The molecule has 2 atom stereocenters. The van der Waals surface area contributed by atoms with Crippen LogP contribution in [-0.4, -0.2) is 24.2 Å². The molecule has 2 aromatic rings. The van der Waals surface area contributed by atoms with Crippen LogP contribution in [-0.2, 0) is 11.3 Å². The molecule has 1 aliphatic heterocycles. The van der Waals surface area contributed by atoms with Crippen LogP contribution >= 0.6 is 28.1 Å². The fourth-order valence-corrected chi connectivity index (χ4v) is 5.18.